The maximum Gasteiger partial charge on any atom is 0.227 e. The first-order chi connectivity index (χ1) is 14.7. The number of anilines is 2. The molecule has 0 bridgehead atoms. The molecule has 1 aliphatic carbocycles. The molecule has 0 atom stereocenters. The summed E-state index contributed by atoms with van der Waals surface area (Å²) < 4.78 is 5.26. The lowest BCUT2D eigenvalue weighted by atomic mass is 9.88. The van der Waals surface area contributed by atoms with Gasteiger partial charge in [0.05, 0.1) is 12.8 Å². The number of allylic oxidation sites excluding steroid dienone is 2. The molecular weight excluding hydrogens is 374 g/mol. The third-order valence-electron chi connectivity index (χ3n) is 5.22. The maximum absolute atomic E-state index is 8.63. The highest BCUT2D eigenvalue weighted by Crippen LogP contribution is 2.31. The quantitative estimate of drug-likeness (QED) is 0.573. The number of hydrogen-bond donors (Lipinski definition) is 3. The lowest BCUT2D eigenvalue weighted by Crippen LogP contribution is -2.22. The van der Waals surface area contributed by atoms with Gasteiger partial charge in [0.1, 0.15) is 5.75 Å². The standard InChI is InChI=1S/C24H25N5O/c1-26-21(14-16-8-11-19(30-2)12-9-16)22-20(25)13-10-17-15-27-24(29-23(17)22)28-18-6-4-3-5-7-18/h3-9,11-12,15,25-26H,10,13-14H2,1-2H3,(H,27,28,29)/b22-21+,25-20?. The molecule has 0 saturated heterocycles. The predicted octanol–water partition coefficient (Wildman–Crippen LogP) is 4.37. The Balaban J connectivity index is 1.71. The van der Waals surface area contributed by atoms with E-state index in [0.29, 0.717) is 24.5 Å². The van der Waals surface area contributed by atoms with Crippen LogP contribution in [0.1, 0.15) is 23.2 Å². The summed E-state index contributed by atoms with van der Waals surface area (Å²) in [6.45, 7) is 0. The average Bonchev–Trinajstić information content (AvgIpc) is 2.79. The van der Waals surface area contributed by atoms with Gasteiger partial charge >= 0.3 is 0 Å². The molecule has 3 N–H and O–H groups in total. The Morgan fingerprint density at radius 3 is 2.53 bits per heavy atom. The average molecular weight is 399 g/mol. The van der Waals surface area contributed by atoms with Crippen molar-refractivity contribution in [2.75, 3.05) is 19.5 Å². The van der Waals surface area contributed by atoms with Gasteiger partial charge in [0.15, 0.2) is 0 Å². The molecule has 0 radical (unpaired) electrons. The summed E-state index contributed by atoms with van der Waals surface area (Å²) in [5.74, 6) is 1.37. The van der Waals surface area contributed by atoms with Crippen LogP contribution < -0.4 is 15.4 Å². The number of nitrogens with one attached hydrogen (secondary N) is 3. The molecule has 4 rings (SSSR count). The summed E-state index contributed by atoms with van der Waals surface area (Å²) >= 11 is 0. The maximum atomic E-state index is 8.63. The molecule has 1 aromatic heterocycles. The van der Waals surface area contributed by atoms with Gasteiger partial charge in [-0.25, -0.2) is 9.97 Å². The van der Waals surface area contributed by atoms with Crippen molar-refractivity contribution < 1.29 is 4.74 Å². The summed E-state index contributed by atoms with van der Waals surface area (Å²) in [7, 11) is 3.56. The number of hydrogen-bond acceptors (Lipinski definition) is 6. The Morgan fingerprint density at radius 2 is 1.83 bits per heavy atom. The highest BCUT2D eigenvalue weighted by Gasteiger charge is 2.24. The number of aromatic nitrogens is 2. The van der Waals surface area contributed by atoms with Crippen LogP contribution in [0.15, 0.2) is 66.5 Å². The van der Waals surface area contributed by atoms with Crippen molar-refractivity contribution in [3.05, 3.63) is 83.3 Å². The minimum atomic E-state index is 0.534. The predicted molar refractivity (Wildman–Crippen MR) is 120 cm³/mol. The van der Waals surface area contributed by atoms with Crippen molar-refractivity contribution in [3.8, 4) is 5.75 Å². The zero-order valence-corrected chi connectivity index (χ0v) is 17.2. The fourth-order valence-electron chi connectivity index (χ4n) is 3.62. The summed E-state index contributed by atoms with van der Waals surface area (Å²) in [6, 6.07) is 17.9. The van der Waals surface area contributed by atoms with Crippen molar-refractivity contribution >= 4 is 22.9 Å². The van der Waals surface area contributed by atoms with Gasteiger partial charge in [-0.05, 0) is 48.2 Å². The van der Waals surface area contributed by atoms with Crippen molar-refractivity contribution in [3.63, 3.8) is 0 Å². The number of aryl methyl sites for hydroxylation is 1. The molecule has 0 aliphatic heterocycles. The molecule has 30 heavy (non-hydrogen) atoms. The van der Waals surface area contributed by atoms with Gasteiger partial charge in [-0.2, -0.15) is 0 Å². The number of methoxy groups -OCH3 is 1. The second-order valence-electron chi connectivity index (χ2n) is 7.17. The van der Waals surface area contributed by atoms with Crippen LogP contribution in [0.2, 0.25) is 0 Å². The third kappa shape index (κ3) is 4.17. The molecule has 0 fully saturated rings. The first-order valence-corrected chi connectivity index (χ1v) is 9.98. The zero-order valence-electron chi connectivity index (χ0n) is 17.2. The molecular formula is C24H25N5O. The normalized spacial score (nSPS) is 14.7. The van der Waals surface area contributed by atoms with E-state index in [2.05, 4.69) is 15.6 Å². The van der Waals surface area contributed by atoms with E-state index in [-0.39, 0.29) is 0 Å². The minimum absolute atomic E-state index is 0.534. The fourth-order valence-corrected chi connectivity index (χ4v) is 3.62. The van der Waals surface area contributed by atoms with Gasteiger partial charge in [0, 0.05) is 42.3 Å². The summed E-state index contributed by atoms with van der Waals surface area (Å²) in [5.41, 5.74) is 6.43. The SMILES string of the molecule is CN/C(Cc1ccc(OC)cc1)=C1\C(=N)CCc2cnc(Nc3ccccc3)nc21. The van der Waals surface area contributed by atoms with Crippen LogP contribution in [0.5, 0.6) is 5.75 Å². The fraction of sp³-hybridized carbons (Fsp3) is 0.208. The van der Waals surface area contributed by atoms with Crippen molar-refractivity contribution in [1.29, 1.82) is 5.41 Å². The summed E-state index contributed by atoms with van der Waals surface area (Å²) in [6.07, 6.45) is 4.03. The highest BCUT2D eigenvalue weighted by molar-refractivity contribution is 6.24. The van der Waals surface area contributed by atoms with Crippen LogP contribution in [0, 0.1) is 5.41 Å². The van der Waals surface area contributed by atoms with Gasteiger partial charge in [-0.3, -0.25) is 0 Å². The lowest BCUT2D eigenvalue weighted by Gasteiger charge is -2.23. The molecule has 1 heterocycles. The van der Waals surface area contributed by atoms with Gasteiger partial charge in [-0.15, -0.1) is 0 Å². The Labute approximate surface area is 176 Å². The molecule has 3 aromatic rings. The Bertz CT molecular complexity index is 1070. The molecule has 0 unspecified atom stereocenters. The number of likely N-dealkylation sites (N-methyl/N-ethyl adjacent to an activating group) is 1. The summed E-state index contributed by atoms with van der Waals surface area (Å²) in [5, 5.41) is 15.2. The van der Waals surface area contributed by atoms with E-state index in [0.717, 1.165) is 45.9 Å². The van der Waals surface area contributed by atoms with E-state index in [1.165, 1.54) is 0 Å². The minimum Gasteiger partial charge on any atom is -0.497 e. The van der Waals surface area contributed by atoms with Crippen LogP contribution in [-0.4, -0.2) is 29.8 Å². The largest absolute Gasteiger partial charge is 0.497 e. The first kappa shape index (κ1) is 19.6. The Hall–Kier alpha value is -3.67. The van der Waals surface area contributed by atoms with E-state index < -0.39 is 0 Å². The van der Waals surface area contributed by atoms with Crippen LogP contribution in [0.4, 0.5) is 11.6 Å². The molecule has 6 nitrogen and oxygen atoms in total. The zero-order chi connectivity index (χ0) is 20.9. The lowest BCUT2D eigenvalue weighted by molar-refractivity contribution is 0.414. The topological polar surface area (TPSA) is 82.9 Å². The van der Waals surface area contributed by atoms with Gasteiger partial charge in [0.2, 0.25) is 5.95 Å². The number of benzene rings is 2. The van der Waals surface area contributed by atoms with Crippen LogP contribution in [0.3, 0.4) is 0 Å². The van der Waals surface area contributed by atoms with Gasteiger partial charge in [-0.1, -0.05) is 30.3 Å². The van der Waals surface area contributed by atoms with Gasteiger partial charge < -0.3 is 20.8 Å². The monoisotopic (exact) mass is 399 g/mol. The molecule has 2 aromatic carbocycles. The third-order valence-corrected chi connectivity index (χ3v) is 5.22. The Kier molecular flexibility index (Phi) is 5.75. The van der Waals surface area contributed by atoms with E-state index >= 15 is 0 Å². The Morgan fingerprint density at radius 1 is 1.07 bits per heavy atom. The van der Waals surface area contributed by atoms with E-state index in [4.69, 9.17) is 15.1 Å². The smallest absolute Gasteiger partial charge is 0.227 e. The number of ether oxygens (including phenoxy) is 1. The van der Waals surface area contributed by atoms with Gasteiger partial charge in [0.25, 0.3) is 0 Å². The van der Waals surface area contributed by atoms with E-state index in [9.17, 15) is 0 Å². The number of fused-ring (bicyclic) bond motifs is 1. The second-order valence-corrected chi connectivity index (χ2v) is 7.17. The van der Waals surface area contributed by atoms with Crippen molar-refractivity contribution in [2.45, 2.75) is 19.3 Å². The first-order valence-electron chi connectivity index (χ1n) is 9.98. The van der Waals surface area contributed by atoms with Crippen molar-refractivity contribution in [1.82, 2.24) is 15.3 Å². The van der Waals surface area contributed by atoms with E-state index in [1.807, 2.05) is 67.8 Å². The number of nitrogens with zero attached hydrogens (tertiary/aromatic N) is 2. The summed E-state index contributed by atoms with van der Waals surface area (Å²) in [4.78, 5) is 9.28. The second kappa shape index (κ2) is 8.78. The molecule has 0 spiro atoms. The molecule has 6 heteroatoms. The highest BCUT2D eigenvalue weighted by atomic mass is 16.5. The number of para-hydroxylation sites is 1. The number of rotatable bonds is 6. The van der Waals surface area contributed by atoms with E-state index in [1.54, 1.807) is 7.11 Å². The molecule has 1 aliphatic rings. The van der Waals surface area contributed by atoms with Crippen molar-refractivity contribution in [2.24, 2.45) is 0 Å². The molecule has 0 saturated carbocycles. The van der Waals surface area contributed by atoms with Crippen LogP contribution in [-0.2, 0) is 12.8 Å². The molecule has 0 amide bonds. The van der Waals surface area contributed by atoms with Crippen LogP contribution >= 0.6 is 0 Å². The van der Waals surface area contributed by atoms with Crippen LogP contribution in [0.25, 0.3) is 5.57 Å². The molecule has 152 valence electrons.